The quantitative estimate of drug-likeness (QED) is 0.767. The van der Waals surface area contributed by atoms with E-state index in [1.165, 1.54) is 0 Å². The van der Waals surface area contributed by atoms with Gasteiger partial charge in [0.05, 0.1) is 17.8 Å². The predicted molar refractivity (Wildman–Crippen MR) is 60.7 cm³/mol. The summed E-state index contributed by atoms with van der Waals surface area (Å²) in [5.41, 5.74) is 0.619. The van der Waals surface area contributed by atoms with Crippen LogP contribution in [-0.4, -0.2) is 27.8 Å². The van der Waals surface area contributed by atoms with Crippen LogP contribution in [0.5, 0.6) is 0 Å². The molecule has 1 atom stereocenters. The van der Waals surface area contributed by atoms with Gasteiger partial charge in [0.1, 0.15) is 0 Å². The third-order valence-corrected chi connectivity index (χ3v) is 3.22. The van der Waals surface area contributed by atoms with Gasteiger partial charge in [-0.05, 0) is 32.4 Å². The van der Waals surface area contributed by atoms with E-state index in [9.17, 15) is 4.79 Å². The zero-order chi connectivity index (χ0) is 11.6. The molecule has 5 heteroatoms. The molecule has 1 fully saturated rings. The Morgan fingerprint density at radius 2 is 2.56 bits per heavy atom. The second kappa shape index (κ2) is 4.25. The molecule has 1 amide bonds. The van der Waals surface area contributed by atoms with E-state index in [2.05, 4.69) is 15.7 Å². The minimum absolute atomic E-state index is 0.0752. The summed E-state index contributed by atoms with van der Waals surface area (Å²) in [4.78, 5) is 12.0. The first-order valence-electron chi connectivity index (χ1n) is 5.62. The van der Waals surface area contributed by atoms with Crippen LogP contribution < -0.4 is 10.6 Å². The lowest BCUT2D eigenvalue weighted by Crippen LogP contribution is -2.50. The van der Waals surface area contributed by atoms with Gasteiger partial charge in [0.2, 0.25) is 5.91 Å². The summed E-state index contributed by atoms with van der Waals surface area (Å²) in [6.45, 7) is 3.42. The van der Waals surface area contributed by atoms with Crippen LogP contribution >= 0.6 is 0 Å². The number of hydrogen-bond acceptors (Lipinski definition) is 3. The summed E-state index contributed by atoms with van der Waals surface area (Å²) in [7, 11) is 1.87. The molecular weight excluding hydrogens is 204 g/mol. The van der Waals surface area contributed by atoms with E-state index >= 15 is 0 Å². The first kappa shape index (κ1) is 11.1. The summed E-state index contributed by atoms with van der Waals surface area (Å²) in [6.07, 6.45) is 3.71. The fourth-order valence-electron chi connectivity index (χ4n) is 2.03. The zero-order valence-electron chi connectivity index (χ0n) is 9.79. The van der Waals surface area contributed by atoms with E-state index < -0.39 is 5.54 Å². The molecule has 1 unspecified atom stereocenters. The van der Waals surface area contributed by atoms with Crippen LogP contribution in [0.3, 0.4) is 0 Å². The zero-order valence-corrected chi connectivity index (χ0v) is 9.79. The maximum atomic E-state index is 12.0. The number of rotatable bonds is 3. The van der Waals surface area contributed by atoms with Gasteiger partial charge in [-0.3, -0.25) is 9.48 Å². The second-order valence-corrected chi connectivity index (χ2v) is 4.49. The van der Waals surface area contributed by atoms with Gasteiger partial charge in [-0.25, -0.2) is 0 Å². The van der Waals surface area contributed by atoms with E-state index in [1.54, 1.807) is 10.9 Å². The fourth-order valence-corrected chi connectivity index (χ4v) is 2.03. The van der Waals surface area contributed by atoms with Gasteiger partial charge in [0, 0.05) is 13.2 Å². The fraction of sp³-hybridized carbons (Fsp3) is 0.636. The highest BCUT2D eigenvalue weighted by atomic mass is 16.2. The Kier molecular flexibility index (Phi) is 2.96. The van der Waals surface area contributed by atoms with Crippen LogP contribution in [0.2, 0.25) is 0 Å². The summed E-state index contributed by atoms with van der Waals surface area (Å²) >= 11 is 0. The average molecular weight is 222 g/mol. The Labute approximate surface area is 95.2 Å². The van der Waals surface area contributed by atoms with Gasteiger partial charge >= 0.3 is 0 Å². The number of carbonyl (C=O) groups is 1. The van der Waals surface area contributed by atoms with Crippen LogP contribution in [0.15, 0.2) is 12.3 Å². The van der Waals surface area contributed by atoms with E-state index in [0.29, 0.717) is 6.54 Å². The topological polar surface area (TPSA) is 59.0 Å². The summed E-state index contributed by atoms with van der Waals surface area (Å²) < 4.78 is 1.77. The van der Waals surface area contributed by atoms with E-state index in [0.717, 1.165) is 25.1 Å². The molecule has 1 aliphatic heterocycles. The van der Waals surface area contributed by atoms with Gasteiger partial charge in [-0.2, -0.15) is 5.10 Å². The normalized spacial score (nSPS) is 24.6. The summed E-state index contributed by atoms with van der Waals surface area (Å²) in [6, 6.07) is 1.91. The summed E-state index contributed by atoms with van der Waals surface area (Å²) in [5.74, 6) is 0.0752. The third-order valence-electron chi connectivity index (χ3n) is 3.22. The molecule has 2 N–H and O–H groups in total. The van der Waals surface area contributed by atoms with Gasteiger partial charge < -0.3 is 10.6 Å². The Morgan fingerprint density at radius 1 is 1.75 bits per heavy atom. The van der Waals surface area contributed by atoms with E-state index in [-0.39, 0.29) is 5.91 Å². The van der Waals surface area contributed by atoms with Crippen molar-refractivity contribution >= 4 is 5.91 Å². The largest absolute Gasteiger partial charge is 0.349 e. The first-order valence-corrected chi connectivity index (χ1v) is 5.62. The van der Waals surface area contributed by atoms with Crippen molar-refractivity contribution in [2.45, 2.75) is 31.8 Å². The molecule has 5 nitrogen and oxygen atoms in total. The molecular formula is C11H18N4O. The summed E-state index contributed by atoms with van der Waals surface area (Å²) in [5, 5.41) is 10.2. The molecule has 0 bridgehead atoms. The predicted octanol–water partition coefficient (Wildman–Crippen LogP) is 0.178. The molecule has 2 heterocycles. The van der Waals surface area contributed by atoms with Crippen LogP contribution in [0, 0.1) is 0 Å². The molecule has 0 aromatic carbocycles. The molecule has 0 spiro atoms. The van der Waals surface area contributed by atoms with Crippen molar-refractivity contribution in [3.63, 3.8) is 0 Å². The SMILES string of the molecule is Cn1nccc1CNC(=O)C1(C)CCCN1. The molecule has 0 radical (unpaired) electrons. The van der Waals surface area contributed by atoms with E-state index in [1.807, 2.05) is 20.0 Å². The number of nitrogens with one attached hydrogen (secondary N) is 2. The van der Waals surface area contributed by atoms with Crippen molar-refractivity contribution < 1.29 is 4.79 Å². The maximum absolute atomic E-state index is 12.0. The number of carbonyl (C=O) groups excluding carboxylic acids is 1. The monoisotopic (exact) mass is 222 g/mol. The lowest BCUT2D eigenvalue weighted by atomic mass is 9.99. The molecule has 1 aromatic rings. The number of amides is 1. The smallest absolute Gasteiger partial charge is 0.240 e. The first-order chi connectivity index (χ1) is 7.62. The number of aryl methyl sites for hydroxylation is 1. The molecule has 2 rings (SSSR count). The lowest BCUT2D eigenvalue weighted by Gasteiger charge is -2.22. The second-order valence-electron chi connectivity index (χ2n) is 4.49. The standard InChI is InChI=1S/C11H18N4O/c1-11(5-3-6-13-11)10(16)12-8-9-4-7-14-15(9)2/h4,7,13H,3,5-6,8H2,1-2H3,(H,12,16). The van der Waals surface area contributed by atoms with Gasteiger partial charge in [0.15, 0.2) is 0 Å². The average Bonchev–Trinajstić information content (AvgIpc) is 2.85. The van der Waals surface area contributed by atoms with Crippen LogP contribution in [0.1, 0.15) is 25.5 Å². The molecule has 0 saturated carbocycles. The van der Waals surface area contributed by atoms with Crippen LogP contribution in [0.4, 0.5) is 0 Å². The highest BCUT2D eigenvalue weighted by Gasteiger charge is 2.35. The number of aromatic nitrogens is 2. The van der Waals surface area contributed by atoms with E-state index in [4.69, 9.17) is 0 Å². The molecule has 88 valence electrons. The van der Waals surface area contributed by atoms with Crippen LogP contribution in [-0.2, 0) is 18.4 Å². The maximum Gasteiger partial charge on any atom is 0.240 e. The third kappa shape index (κ3) is 2.09. The van der Waals surface area contributed by atoms with Crippen molar-refractivity contribution in [1.29, 1.82) is 0 Å². The molecule has 1 aliphatic rings. The minimum atomic E-state index is -0.390. The van der Waals surface area contributed by atoms with Crippen molar-refractivity contribution in [2.75, 3.05) is 6.54 Å². The Hall–Kier alpha value is -1.36. The van der Waals surface area contributed by atoms with Crippen LogP contribution in [0.25, 0.3) is 0 Å². The van der Waals surface area contributed by atoms with Gasteiger partial charge in [0.25, 0.3) is 0 Å². The minimum Gasteiger partial charge on any atom is -0.349 e. The molecule has 0 aliphatic carbocycles. The highest BCUT2D eigenvalue weighted by molar-refractivity contribution is 5.86. The molecule has 1 aromatic heterocycles. The molecule has 16 heavy (non-hydrogen) atoms. The highest BCUT2D eigenvalue weighted by Crippen LogP contribution is 2.18. The number of nitrogens with zero attached hydrogens (tertiary/aromatic N) is 2. The van der Waals surface area contributed by atoms with Crippen molar-refractivity contribution in [3.05, 3.63) is 18.0 Å². The van der Waals surface area contributed by atoms with Gasteiger partial charge in [-0.15, -0.1) is 0 Å². The molecule has 1 saturated heterocycles. The van der Waals surface area contributed by atoms with Crippen molar-refractivity contribution in [1.82, 2.24) is 20.4 Å². The lowest BCUT2D eigenvalue weighted by molar-refractivity contribution is -0.126. The Morgan fingerprint density at radius 3 is 3.12 bits per heavy atom. The Balaban J connectivity index is 1.91. The van der Waals surface area contributed by atoms with Gasteiger partial charge in [-0.1, -0.05) is 0 Å². The van der Waals surface area contributed by atoms with Crippen molar-refractivity contribution in [3.8, 4) is 0 Å². The van der Waals surface area contributed by atoms with Crippen molar-refractivity contribution in [2.24, 2.45) is 7.05 Å². The number of hydrogen-bond donors (Lipinski definition) is 2. The Bertz CT molecular complexity index is 379.